The number of sulfonamides is 1. The average molecular weight is 479 g/mol. The Bertz CT molecular complexity index is 1060. The van der Waals surface area contributed by atoms with Crippen molar-refractivity contribution in [2.24, 2.45) is 5.92 Å². The van der Waals surface area contributed by atoms with Gasteiger partial charge in [-0.2, -0.15) is 0 Å². The second-order valence-electron chi connectivity index (χ2n) is 7.85. The van der Waals surface area contributed by atoms with E-state index in [-0.39, 0.29) is 17.3 Å². The first-order valence-electron chi connectivity index (χ1n) is 10.5. The number of methoxy groups -OCH3 is 2. The van der Waals surface area contributed by atoms with Gasteiger partial charge in [0, 0.05) is 24.5 Å². The fraction of sp³-hybridized carbons (Fsp3) is 0.435. The minimum atomic E-state index is -3.82. The lowest BCUT2D eigenvalue weighted by molar-refractivity contribution is 0.0693. The quantitative estimate of drug-likeness (QED) is 0.582. The van der Waals surface area contributed by atoms with Crippen LogP contribution in [0.15, 0.2) is 46.2 Å². The molecule has 0 aromatic heterocycles. The van der Waals surface area contributed by atoms with Crippen LogP contribution in [-0.2, 0) is 16.6 Å². The maximum absolute atomic E-state index is 13.1. The maximum Gasteiger partial charge on any atom is 0.255 e. The molecule has 0 radical (unpaired) electrons. The van der Waals surface area contributed by atoms with Crippen molar-refractivity contribution >= 4 is 27.7 Å². The van der Waals surface area contributed by atoms with Crippen LogP contribution in [0.1, 0.15) is 35.7 Å². The fourth-order valence-corrected chi connectivity index (χ4v) is 5.27. The normalized spacial score (nSPS) is 14.9. The molecule has 7 nitrogen and oxygen atoms in total. The number of nitrogens with zero attached hydrogens (tertiary/aromatic N) is 1. The Balaban J connectivity index is 1.80. The van der Waals surface area contributed by atoms with E-state index in [0.717, 1.165) is 23.3 Å². The highest BCUT2D eigenvalue weighted by Crippen LogP contribution is 2.29. The van der Waals surface area contributed by atoms with Crippen LogP contribution in [0, 0.1) is 5.92 Å². The molecule has 0 bridgehead atoms. The number of hydrogen-bond donors (Lipinski definition) is 1. The van der Waals surface area contributed by atoms with Crippen LogP contribution in [0.5, 0.6) is 11.5 Å². The van der Waals surface area contributed by atoms with E-state index >= 15 is 0 Å². The van der Waals surface area contributed by atoms with Crippen molar-refractivity contribution in [1.82, 2.24) is 9.62 Å². The summed E-state index contributed by atoms with van der Waals surface area (Å²) in [7, 11) is -0.744. The van der Waals surface area contributed by atoms with Gasteiger partial charge in [0.05, 0.1) is 24.7 Å². The third-order valence-electron chi connectivity index (χ3n) is 5.70. The summed E-state index contributed by atoms with van der Waals surface area (Å²) in [4.78, 5) is 15.8. The number of rotatable bonds is 8. The molecule has 1 heterocycles. The molecule has 9 heteroatoms. The lowest BCUT2D eigenvalue weighted by Gasteiger charge is -2.30. The zero-order valence-electron chi connectivity index (χ0n) is 18.9. The molecule has 2 aromatic carbocycles. The molecule has 2 aromatic rings. The molecule has 1 amide bonds. The molecule has 1 N–H and O–H groups in total. The van der Waals surface area contributed by atoms with E-state index in [1.54, 1.807) is 31.4 Å². The van der Waals surface area contributed by atoms with Gasteiger partial charge in [-0.1, -0.05) is 13.0 Å². The van der Waals surface area contributed by atoms with Gasteiger partial charge in [0.2, 0.25) is 10.0 Å². The van der Waals surface area contributed by atoms with Crippen LogP contribution in [0.3, 0.4) is 0 Å². The molecule has 0 spiro atoms. The molecule has 32 heavy (non-hydrogen) atoms. The second-order valence-corrected chi connectivity index (χ2v) is 10.5. The van der Waals surface area contributed by atoms with Crippen LogP contribution < -0.4 is 14.2 Å². The number of piperidine rings is 1. The summed E-state index contributed by atoms with van der Waals surface area (Å²) < 4.78 is 39.1. The molecule has 1 fully saturated rings. The summed E-state index contributed by atoms with van der Waals surface area (Å²) in [5.41, 5.74) is 1.16. The Morgan fingerprint density at radius 3 is 2.41 bits per heavy atom. The third-order valence-corrected chi connectivity index (χ3v) is 7.89. The second kappa shape index (κ2) is 10.6. The molecular formula is C23H30N2O5S2. The molecule has 0 atom stereocenters. The van der Waals surface area contributed by atoms with Gasteiger partial charge in [-0.3, -0.25) is 4.79 Å². The maximum atomic E-state index is 13.1. The summed E-state index contributed by atoms with van der Waals surface area (Å²) in [6.45, 7) is 3.66. The van der Waals surface area contributed by atoms with Gasteiger partial charge in [-0.25, -0.2) is 13.1 Å². The highest BCUT2D eigenvalue weighted by atomic mass is 32.2. The standard InChI is InChI=1S/C23H30N2O5S2/c1-16-9-11-25(12-10-16)23(26)19-14-18(6-8-22(19)31-4)32(27,28)24-15-17-5-7-20(29-2)21(13-17)30-3/h5-8,13-14,16,24H,9-12,15H2,1-4H3. The van der Waals surface area contributed by atoms with Gasteiger partial charge in [-0.15, -0.1) is 11.8 Å². The van der Waals surface area contributed by atoms with Crippen molar-refractivity contribution in [3.05, 3.63) is 47.5 Å². The summed E-state index contributed by atoms with van der Waals surface area (Å²) in [5.74, 6) is 1.59. The number of nitrogens with one attached hydrogen (secondary N) is 1. The van der Waals surface area contributed by atoms with Crippen molar-refractivity contribution in [3.8, 4) is 11.5 Å². The Labute approximate surface area is 194 Å². The number of carbonyl (C=O) groups is 1. The lowest BCUT2D eigenvalue weighted by atomic mass is 9.98. The van der Waals surface area contributed by atoms with E-state index in [4.69, 9.17) is 9.47 Å². The van der Waals surface area contributed by atoms with Crippen LogP contribution in [-0.4, -0.2) is 52.8 Å². The zero-order valence-corrected chi connectivity index (χ0v) is 20.5. The van der Waals surface area contributed by atoms with Crippen LogP contribution in [0.25, 0.3) is 0 Å². The highest BCUT2D eigenvalue weighted by Gasteiger charge is 2.25. The van der Waals surface area contributed by atoms with E-state index in [2.05, 4.69) is 11.6 Å². The molecule has 0 unspecified atom stereocenters. The van der Waals surface area contributed by atoms with Gasteiger partial charge in [0.1, 0.15) is 0 Å². The fourth-order valence-electron chi connectivity index (χ4n) is 3.66. The number of amides is 1. The lowest BCUT2D eigenvalue weighted by Crippen LogP contribution is -2.38. The SMILES string of the molecule is COc1ccc(CNS(=O)(=O)c2ccc(SC)c(C(=O)N3CCC(C)CC3)c2)cc1OC. The number of hydrogen-bond acceptors (Lipinski definition) is 6. The van der Waals surface area contributed by atoms with Gasteiger partial charge in [-0.05, 0) is 60.9 Å². The molecular weight excluding hydrogens is 448 g/mol. The number of ether oxygens (including phenoxy) is 2. The van der Waals surface area contributed by atoms with Gasteiger partial charge < -0.3 is 14.4 Å². The van der Waals surface area contributed by atoms with Crippen molar-refractivity contribution in [2.75, 3.05) is 33.6 Å². The van der Waals surface area contributed by atoms with E-state index in [1.165, 1.54) is 31.0 Å². The smallest absolute Gasteiger partial charge is 0.255 e. The van der Waals surface area contributed by atoms with Gasteiger partial charge in [0.25, 0.3) is 5.91 Å². The van der Waals surface area contributed by atoms with E-state index in [1.807, 2.05) is 11.2 Å². The Morgan fingerprint density at radius 2 is 1.78 bits per heavy atom. The molecule has 1 aliphatic heterocycles. The Hall–Kier alpha value is -2.23. The van der Waals surface area contributed by atoms with E-state index in [0.29, 0.717) is 36.1 Å². The predicted octanol–water partition coefficient (Wildman–Crippen LogP) is 3.78. The summed E-state index contributed by atoms with van der Waals surface area (Å²) in [6.07, 6.45) is 3.81. The van der Waals surface area contributed by atoms with E-state index < -0.39 is 10.0 Å². The summed E-state index contributed by atoms with van der Waals surface area (Å²) in [5, 5.41) is 0. The van der Waals surface area contributed by atoms with Crippen molar-refractivity contribution in [3.63, 3.8) is 0 Å². The number of benzene rings is 2. The summed E-state index contributed by atoms with van der Waals surface area (Å²) >= 11 is 1.44. The molecule has 1 saturated heterocycles. The minimum Gasteiger partial charge on any atom is -0.493 e. The first kappa shape index (κ1) is 24.4. The van der Waals surface area contributed by atoms with Gasteiger partial charge >= 0.3 is 0 Å². The van der Waals surface area contributed by atoms with Crippen molar-refractivity contribution < 1.29 is 22.7 Å². The van der Waals surface area contributed by atoms with Crippen molar-refractivity contribution in [2.45, 2.75) is 36.1 Å². The number of carbonyl (C=O) groups excluding carboxylic acids is 1. The first-order valence-corrected chi connectivity index (χ1v) is 13.2. The predicted molar refractivity (Wildman–Crippen MR) is 126 cm³/mol. The first-order chi connectivity index (χ1) is 15.3. The van der Waals surface area contributed by atoms with Gasteiger partial charge in [0.15, 0.2) is 11.5 Å². The molecule has 0 saturated carbocycles. The molecule has 3 rings (SSSR count). The minimum absolute atomic E-state index is 0.0736. The van der Waals surface area contributed by atoms with Crippen LogP contribution in [0.4, 0.5) is 0 Å². The number of thioether (sulfide) groups is 1. The Kier molecular flexibility index (Phi) is 8.08. The Morgan fingerprint density at radius 1 is 1.09 bits per heavy atom. The third kappa shape index (κ3) is 5.57. The zero-order chi connectivity index (χ0) is 23.3. The average Bonchev–Trinajstić information content (AvgIpc) is 2.82. The van der Waals surface area contributed by atoms with E-state index in [9.17, 15) is 13.2 Å². The summed E-state index contributed by atoms with van der Waals surface area (Å²) in [6, 6.07) is 9.96. The largest absolute Gasteiger partial charge is 0.493 e. The van der Waals surface area contributed by atoms with Crippen molar-refractivity contribution in [1.29, 1.82) is 0 Å². The topological polar surface area (TPSA) is 84.9 Å². The molecule has 0 aliphatic carbocycles. The highest BCUT2D eigenvalue weighted by molar-refractivity contribution is 7.98. The van der Waals surface area contributed by atoms with Crippen LogP contribution >= 0.6 is 11.8 Å². The molecule has 1 aliphatic rings. The molecule has 174 valence electrons. The number of likely N-dealkylation sites (tertiary alicyclic amines) is 1. The van der Waals surface area contributed by atoms with Crippen LogP contribution in [0.2, 0.25) is 0 Å². The monoisotopic (exact) mass is 478 g/mol.